The van der Waals surface area contributed by atoms with E-state index in [4.69, 9.17) is 34.4 Å². The molecule has 2 aliphatic heterocycles. The highest BCUT2D eigenvalue weighted by molar-refractivity contribution is 8.18. The molecule has 0 aromatic heterocycles. The van der Waals surface area contributed by atoms with E-state index in [1.807, 2.05) is 0 Å². The normalized spacial score (nSPS) is 18.1. The molecule has 146 valence electrons. The molecule has 0 radical (unpaired) electrons. The third kappa shape index (κ3) is 4.46. The van der Waals surface area contributed by atoms with Crippen LogP contribution in [0.3, 0.4) is 0 Å². The second-order valence-electron chi connectivity index (χ2n) is 6.16. The molecule has 0 unspecified atom stereocenters. The molecule has 1 aromatic rings. The largest absolute Gasteiger partial charge is 0.478 e. The molecule has 3 amide bonds. The number of nitrogens with zero attached hydrogens (tertiary/aromatic N) is 2. The van der Waals surface area contributed by atoms with Crippen LogP contribution in [-0.2, 0) is 9.59 Å². The number of amides is 3. The average Bonchev–Trinajstić information content (AvgIpc) is 3.26. The van der Waals surface area contributed by atoms with Crippen molar-refractivity contribution in [2.75, 3.05) is 26.2 Å². The lowest BCUT2D eigenvalue weighted by molar-refractivity contribution is -0.135. The van der Waals surface area contributed by atoms with E-state index >= 15 is 0 Å². The van der Waals surface area contributed by atoms with Crippen molar-refractivity contribution < 1.29 is 19.1 Å². The van der Waals surface area contributed by atoms with Gasteiger partial charge in [-0.1, -0.05) is 29.1 Å². The van der Waals surface area contributed by atoms with E-state index < -0.39 is 11.1 Å². The molecule has 2 aliphatic rings. The lowest BCUT2D eigenvalue weighted by Gasteiger charge is -2.18. The summed E-state index contributed by atoms with van der Waals surface area (Å²) in [4.78, 5) is 39.9. The number of rotatable bonds is 5. The number of imide groups is 1. The Kier molecular flexibility index (Phi) is 6.55. The van der Waals surface area contributed by atoms with Crippen molar-refractivity contribution in [3.05, 3.63) is 32.6 Å². The molecule has 0 spiro atoms. The molecule has 3 rings (SSSR count). The predicted molar refractivity (Wildman–Crippen MR) is 109 cm³/mol. The number of thioether (sulfide) groups is 1. The summed E-state index contributed by atoms with van der Waals surface area (Å²) in [5.41, 5.74) is 0.527. The first kappa shape index (κ1) is 20.6. The van der Waals surface area contributed by atoms with Gasteiger partial charge in [-0.2, -0.15) is 0 Å². The minimum Gasteiger partial charge on any atom is -0.478 e. The lowest BCUT2D eigenvalue weighted by Crippen LogP contribution is -2.40. The zero-order valence-corrected chi connectivity index (χ0v) is 17.1. The molecule has 6 nitrogen and oxygen atoms in total. The third-order valence-corrected chi connectivity index (χ3v) is 5.71. The molecule has 2 fully saturated rings. The number of terminal acetylenes is 1. The second-order valence-corrected chi connectivity index (χ2v) is 7.97. The maximum Gasteiger partial charge on any atom is 0.294 e. The Balaban J connectivity index is 1.76. The molecule has 2 heterocycles. The van der Waals surface area contributed by atoms with Crippen LogP contribution in [-0.4, -0.2) is 53.1 Å². The van der Waals surface area contributed by atoms with Gasteiger partial charge in [0.15, 0.2) is 5.75 Å². The minimum atomic E-state index is -0.512. The lowest BCUT2D eigenvalue weighted by atomic mass is 10.2. The van der Waals surface area contributed by atoms with Gasteiger partial charge in [-0.3, -0.25) is 19.3 Å². The smallest absolute Gasteiger partial charge is 0.294 e. The zero-order chi connectivity index (χ0) is 20.3. The SMILES string of the molecule is C#CCOc1c(Cl)cc(/C=C2/SC(=O)N(CC(=O)N3CCCC3)C2=O)cc1Cl. The Morgan fingerprint density at radius 1 is 1.25 bits per heavy atom. The van der Waals surface area contributed by atoms with Crippen LogP contribution in [0.4, 0.5) is 4.79 Å². The van der Waals surface area contributed by atoms with Crippen LogP contribution in [0.25, 0.3) is 6.08 Å². The van der Waals surface area contributed by atoms with Crippen molar-refractivity contribution in [1.29, 1.82) is 0 Å². The van der Waals surface area contributed by atoms with Crippen LogP contribution < -0.4 is 4.74 Å². The van der Waals surface area contributed by atoms with E-state index in [-0.39, 0.29) is 39.8 Å². The van der Waals surface area contributed by atoms with E-state index in [2.05, 4.69) is 5.92 Å². The van der Waals surface area contributed by atoms with Crippen LogP contribution in [0, 0.1) is 12.3 Å². The van der Waals surface area contributed by atoms with Gasteiger partial charge in [-0.05, 0) is 48.4 Å². The number of carbonyl (C=O) groups excluding carboxylic acids is 3. The molecule has 9 heteroatoms. The summed E-state index contributed by atoms with van der Waals surface area (Å²) in [6.07, 6.45) is 8.55. The summed E-state index contributed by atoms with van der Waals surface area (Å²) in [5.74, 6) is 1.84. The average molecular weight is 439 g/mol. The van der Waals surface area contributed by atoms with E-state index in [1.165, 1.54) is 6.08 Å². The summed E-state index contributed by atoms with van der Waals surface area (Å²) >= 11 is 13.1. The van der Waals surface area contributed by atoms with Gasteiger partial charge < -0.3 is 9.64 Å². The first-order chi connectivity index (χ1) is 13.4. The first-order valence-corrected chi connectivity index (χ1v) is 10.1. The molecular weight excluding hydrogens is 423 g/mol. The highest BCUT2D eigenvalue weighted by atomic mass is 35.5. The molecule has 2 saturated heterocycles. The fourth-order valence-electron chi connectivity index (χ4n) is 2.90. The Bertz CT molecular complexity index is 881. The van der Waals surface area contributed by atoms with E-state index in [0.29, 0.717) is 18.7 Å². The molecular formula is C19H16Cl2N2O4S. The third-order valence-electron chi connectivity index (χ3n) is 4.24. The number of ether oxygens (including phenoxy) is 1. The summed E-state index contributed by atoms with van der Waals surface area (Å²) in [6, 6.07) is 3.12. The monoisotopic (exact) mass is 438 g/mol. The Morgan fingerprint density at radius 2 is 1.89 bits per heavy atom. The van der Waals surface area contributed by atoms with E-state index in [1.54, 1.807) is 17.0 Å². The Morgan fingerprint density at radius 3 is 2.50 bits per heavy atom. The predicted octanol–water partition coefficient (Wildman–Crippen LogP) is 3.66. The van der Waals surface area contributed by atoms with Gasteiger partial charge in [0, 0.05) is 13.1 Å². The second kappa shape index (κ2) is 8.91. The maximum absolute atomic E-state index is 12.6. The van der Waals surface area contributed by atoms with Crippen LogP contribution in [0.15, 0.2) is 17.0 Å². The highest BCUT2D eigenvalue weighted by Gasteiger charge is 2.37. The quantitative estimate of drug-likeness (QED) is 0.518. The van der Waals surface area contributed by atoms with Gasteiger partial charge in [0.05, 0.1) is 15.0 Å². The standard InChI is InChI=1S/C19H16Cl2N2O4S/c1-2-7-27-17-13(20)8-12(9-14(17)21)10-15-18(25)23(19(26)28-15)11-16(24)22-5-3-4-6-22/h1,8-10H,3-7,11H2/b15-10+. The number of carbonyl (C=O) groups is 3. The van der Waals surface area contributed by atoms with Gasteiger partial charge in [0.25, 0.3) is 11.1 Å². The van der Waals surface area contributed by atoms with Gasteiger partial charge in [0.2, 0.25) is 5.91 Å². The van der Waals surface area contributed by atoms with Crippen molar-refractivity contribution in [2.45, 2.75) is 12.8 Å². The van der Waals surface area contributed by atoms with Crippen molar-refractivity contribution in [3.8, 4) is 18.1 Å². The number of hydrogen-bond donors (Lipinski definition) is 0. The van der Waals surface area contributed by atoms with Crippen LogP contribution >= 0.6 is 35.0 Å². The molecule has 0 N–H and O–H groups in total. The highest BCUT2D eigenvalue weighted by Crippen LogP contribution is 2.37. The van der Waals surface area contributed by atoms with Crippen LogP contribution in [0.5, 0.6) is 5.75 Å². The molecule has 0 saturated carbocycles. The van der Waals surface area contributed by atoms with Crippen molar-refractivity contribution in [1.82, 2.24) is 9.80 Å². The van der Waals surface area contributed by atoms with Gasteiger partial charge in [0.1, 0.15) is 13.2 Å². The minimum absolute atomic E-state index is 0.0166. The van der Waals surface area contributed by atoms with E-state index in [0.717, 1.165) is 29.5 Å². The molecule has 1 aromatic carbocycles. The van der Waals surface area contributed by atoms with Gasteiger partial charge in [-0.15, -0.1) is 6.42 Å². The zero-order valence-electron chi connectivity index (χ0n) is 14.7. The van der Waals surface area contributed by atoms with Crippen molar-refractivity contribution >= 4 is 58.1 Å². The number of hydrogen-bond acceptors (Lipinski definition) is 5. The molecule has 28 heavy (non-hydrogen) atoms. The first-order valence-electron chi connectivity index (χ1n) is 8.49. The van der Waals surface area contributed by atoms with Gasteiger partial charge >= 0.3 is 0 Å². The maximum atomic E-state index is 12.6. The number of benzene rings is 1. The molecule has 0 bridgehead atoms. The topological polar surface area (TPSA) is 66.9 Å². The van der Waals surface area contributed by atoms with Crippen LogP contribution in [0.1, 0.15) is 18.4 Å². The van der Waals surface area contributed by atoms with E-state index in [9.17, 15) is 14.4 Å². The Hall–Kier alpha value is -2.14. The van der Waals surface area contributed by atoms with Crippen LogP contribution in [0.2, 0.25) is 10.0 Å². The summed E-state index contributed by atoms with van der Waals surface area (Å²) in [7, 11) is 0. The fraction of sp³-hybridized carbons (Fsp3) is 0.316. The summed E-state index contributed by atoms with van der Waals surface area (Å²) in [5, 5.41) is -0.00940. The van der Waals surface area contributed by atoms with Crippen molar-refractivity contribution in [3.63, 3.8) is 0 Å². The van der Waals surface area contributed by atoms with Gasteiger partial charge in [-0.25, -0.2) is 0 Å². The number of likely N-dealkylation sites (tertiary alicyclic amines) is 1. The summed E-state index contributed by atoms with van der Waals surface area (Å²) < 4.78 is 5.29. The molecule has 0 atom stereocenters. The Labute approximate surface area is 176 Å². The summed E-state index contributed by atoms with van der Waals surface area (Å²) in [6.45, 7) is 1.09. The molecule has 0 aliphatic carbocycles. The number of halogens is 2. The van der Waals surface area contributed by atoms with Crippen molar-refractivity contribution in [2.24, 2.45) is 0 Å². The fourth-order valence-corrected chi connectivity index (χ4v) is 4.36.